The van der Waals surface area contributed by atoms with Gasteiger partial charge in [0, 0.05) is 18.6 Å². The molecule has 1 saturated heterocycles. The number of piperidine rings is 1. The fourth-order valence-electron chi connectivity index (χ4n) is 1.61. The molecule has 1 rings (SSSR count). The van der Waals surface area contributed by atoms with Gasteiger partial charge >= 0.3 is 0 Å². The van der Waals surface area contributed by atoms with E-state index in [1.54, 1.807) is 0 Å². The summed E-state index contributed by atoms with van der Waals surface area (Å²) in [5, 5.41) is 3.24. The molecule has 0 radical (unpaired) electrons. The van der Waals surface area contributed by atoms with Gasteiger partial charge in [-0.15, -0.1) is 0 Å². The number of carbonyl (C=O) groups is 1. The highest BCUT2D eigenvalue weighted by atomic mass is 16.1. The zero-order chi connectivity index (χ0) is 8.27. The van der Waals surface area contributed by atoms with Crippen molar-refractivity contribution in [2.24, 2.45) is 0 Å². The molecule has 1 aliphatic heterocycles. The van der Waals surface area contributed by atoms with E-state index in [-0.39, 0.29) is 0 Å². The molecule has 1 heterocycles. The second kappa shape index (κ2) is 3.72. The maximum Gasteiger partial charge on any atom is 0.209 e. The summed E-state index contributed by atoms with van der Waals surface area (Å²) >= 11 is 0. The Hall–Kier alpha value is -0.570. The predicted molar refractivity (Wildman–Crippen MR) is 44.3 cm³/mol. The highest BCUT2D eigenvalue weighted by Crippen LogP contribution is 2.14. The van der Waals surface area contributed by atoms with Crippen LogP contribution < -0.4 is 5.32 Å². The normalized spacial score (nSPS) is 32.0. The molecule has 0 aromatic rings. The van der Waals surface area contributed by atoms with Crippen molar-refractivity contribution in [3.63, 3.8) is 0 Å². The van der Waals surface area contributed by atoms with Crippen molar-refractivity contribution in [3.8, 4) is 0 Å². The Balaban J connectivity index is 2.40. The van der Waals surface area contributed by atoms with Crippen molar-refractivity contribution >= 4 is 6.41 Å². The summed E-state index contributed by atoms with van der Waals surface area (Å²) in [6.45, 7) is 2.99. The van der Waals surface area contributed by atoms with E-state index in [9.17, 15) is 4.79 Å². The van der Waals surface area contributed by atoms with E-state index in [0.29, 0.717) is 12.1 Å². The molecule has 1 fully saturated rings. The number of nitrogens with zero attached hydrogens (tertiary/aromatic N) is 1. The van der Waals surface area contributed by atoms with Gasteiger partial charge in [0.2, 0.25) is 6.41 Å². The first kappa shape index (κ1) is 8.53. The van der Waals surface area contributed by atoms with Gasteiger partial charge in [-0.3, -0.25) is 4.79 Å². The minimum Gasteiger partial charge on any atom is -0.342 e. The number of carbonyl (C=O) groups excluding carboxylic acids is 1. The van der Waals surface area contributed by atoms with E-state index >= 15 is 0 Å². The van der Waals surface area contributed by atoms with Crippen LogP contribution in [0, 0.1) is 0 Å². The molecular weight excluding hydrogens is 140 g/mol. The molecular formula is C8H16N2O. The molecule has 0 spiro atoms. The van der Waals surface area contributed by atoms with Crippen LogP contribution in [-0.4, -0.2) is 37.0 Å². The van der Waals surface area contributed by atoms with E-state index in [1.807, 2.05) is 11.9 Å². The Labute approximate surface area is 67.8 Å². The van der Waals surface area contributed by atoms with E-state index in [1.165, 1.54) is 0 Å². The molecule has 2 unspecified atom stereocenters. The number of likely N-dealkylation sites (tertiary alicyclic amines) is 1. The molecule has 3 nitrogen and oxygen atoms in total. The van der Waals surface area contributed by atoms with Crippen molar-refractivity contribution in [2.75, 3.05) is 13.6 Å². The van der Waals surface area contributed by atoms with Crippen LogP contribution in [0.3, 0.4) is 0 Å². The number of nitrogens with one attached hydrogen (secondary N) is 1. The summed E-state index contributed by atoms with van der Waals surface area (Å²) in [6, 6.07) is 1.000. The highest BCUT2D eigenvalue weighted by Gasteiger charge is 2.22. The van der Waals surface area contributed by atoms with Crippen molar-refractivity contribution in [3.05, 3.63) is 0 Å². The summed E-state index contributed by atoms with van der Waals surface area (Å²) in [6.07, 6.45) is 3.12. The zero-order valence-corrected chi connectivity index (χ0v) is 7.21. The minimum absolute atomic E-state index is 0.402. The van der Waals surface area contributed by atoms with Crippen LogP contribution in [0.4, 0.5) is 0 Å². The lowest BCUT2D eigenvalue weighted by atomic mass is 9.99. The van der Waals surface area contributed by atoms with Gasteiger partial charge < -0.3 is 10.2 Å². The van der Waals surface area contributed by atoms with E-state index in [4.69, 9.17) is 0 Å². The van der Waals surface area contributed by atoms with E-state index in [2.05, 4.69) is 12.2 Å². The third-order valence-electron chi connectivity index (χ3n) is 2.47. The second-order valence-corrected chi connectivity index (χ2v) is 3.20. The summed E-state index contributed by atoms with van der Waals surface area (Å²) in [4.78, 5) is 12.3. The van der Waals surface area contributed by atoms with Gasteiger partial charge in [-0.05, 0) is 26.8 Å². The molecule has 1 N–H and O–H groups in total. The van der Waals surface area contributed by atoms with Gasteiger partial charge in [0.1, 0.15) is 0 Å². The monoisotopic (exact) mass is 156 g/mol. The van der Waals surface area contributed by atoms with Crippen LogP contribution in [0.25, 0.3) is 0 Å². The number of rotatable bonds is 2. The van der Waals surface area contributed by atoms with Crippen LogP contribution in [0.15, 0.2) is 0 Å². The standard InChI is InChI=1S/C8H16N2O/c1-7-5-8(9-2)3-4-10(7)6-11/h6-9H,3-5H2,1-2H3. The Bertz CT molecular complexity index is 138. The summed E-state index contributed by atoms with van der Waals surface area (Å²) in [5.41, 5.74) is 0. The minimum atomic E-state index is 0.402. The van der Waals surface area contributed by atoms with Crippen LogP contribution in [0.1, 0.15) is 19.8 Å². The van der Waals surface area contributed by atoms with Crippen molar-refractivity contribution in [1.82, 2.24) is 10.2 Å². The molecule has 0 bridgehead atoms. The third kappa shape index (κ3) is 1.93. The van der Waals surface area contributed by atoms with Crippen LogP contribution in [-0.2, 0) is 4.79 Å². The van der Waals surface area contributed by atoms with Gasteiger partial charge in [-0.1, -0.05) is 0 Å². The van der Waals surface area contributed by atoms with Crippen molar-refractivity contribution in [1.29, 1.82) is 0 Å². The lowest BCUT2D eigenvalue weighted by Gasteiger charge is -2.34. The smallest absolute Gasteiger partial charge is 0.209 e. The molecule has 64 valence electrons. The largest absolute Gasteiger partial charge is 0.342 e. The van der Waals surface area contributed by atoms with E-state index < -0.39 is 0 Å². The zero-order valence-electron chi connectivity index (χ0n) is 7.21. The highest BCUT2D eigenvalue weighted by molar-refractivity contribution is 5.47. The Morgan fingerprint density at radius 2 is 2.36 bits per heavy atom. The molecule has 0 aromatic heterocycles. The molecule has 1 aliphatic rings. The van der Waals surface area contributed by atoms with Gasteiger partial charge in [-0.25, -0.2) is 0 Å². The SMILES string of the molecule is CNC1CCN(C=O)C(C)C1. The lowest BCUT2D eigenvalue weighted by molar-refractivity contribution is -0.121. The number of hydrogen-bond acceptors (Lipinski definition) is 2. The van der Waals surface area contributed by atoms with E-state index in [0.717, 1.165) is 25.8 Å². The first-order chi connectivity index (χ1) is 5.27. The summed E-state index contributed by atoms with van der Waals surface area (Å²) in [5.74, 6) is 0. The Kier molecular flexibility index (Phi) is 2.88. The Morgan fingerprint density at radius 3 is 2.82 bits per heavy atom. The van der Waals surface area contributed by atoms with Crippen molar-refractivity contribution in [2.45, 2.75) is 31.8 Å². The van der Waals surface area contributed by atoms with Gasteiger partial charge in [0.15, 0.2) is 0 Å². The molecule has 11 heavy (non-hydrogen) atoms. The summed E-state index contributed by atoms with van der Waals surface area (Å²) in [7, 11) is 1.98. The lowest BCUT2D eigenvalue weighted by Crippen LogP contribution is -2.45. The topological polar surface area (TPSA) is 32.3 Å². The quantitative estimate of drug-likeness (QED) is 0.580. The fourth-order valence-corrected chi connectivity index (χ4v) is 1.61. The first-order valence-corrected chi connectivity index (χ1v) is 4.16. The molecule has 1 amide bonds. The second-order valence-electron chi connectivity index (χ2n) is 3.20. The summed E-state index contributed by atoms with van der Waals surface area (Å²) < 4.78 is 0. The average Bonchev–Trinajstić information content (AvgIpc) is 2.04. The van der Waals surface area contributed by atoms with Gasteiger partial charge in [-0.2, -0.15) is 0 Å². The predicted octanol–water partition coefficient (Wildman–Crippen LogP) is 0.215. The van der Waals surface area contributed by atoms with Crippen LogP contribution in [0.5, 0.6) is 0 Å². The van der Waals surface area contributed by atoms with Gasteiger partial charge in [0.05, 0.1) is 0 Å². The first-order valence-electron chi connectivity index (χ1n) is 4.16. The number of amides is 1. The molecule has 2 atom stereocenters. The van der Waals surface area contributed by atoms with Gasteiger partial charge in [0.25, 0.3) is 0 Å². The van der Waals surface area contributed by atoms with Crippen LogP contribution in [0.2, 0.25) is 0 Å². The third-order valence-corrected chi connectivity index (χ3v) is 2.47. The maximum atomic E-state index is 10.5. The number of hydrogen-bond donors (Lipinski definition) is 1. The molecule has 0 aromatic carbocycles. The Morgan fingerprint density at radius 1 is 1.64 bits per heavy atom. The molecule has 3 heteroatoms. The van der Waals surface area contributed by atoms with Crippen molar-refractivity contribution < 1.29 is 4.79 Å². The van der Waals surface area contributed by atoms with Crippen LogP contribution >= 0.6 is 0 Å². The average molecular weight is 156 g/mol. The molecule has 0 aliphatic carbocycles. The molecule has 0 saturated carbocycles. The maximum absolute atomic E-state index is 10.5. The fraction of sp³-hybridized carbons (Fsp3) is 0.875.